The van der Waals surface area contributed by atoms with E-state index in [1.165, 1.54) is 0 Å². The van der Waals surface area contributed by atoms with E-state index in [9.17, 15) is 46.9 Å². The molecule has 75 heavy (non-hydrogen) atoms. The summed E-state index contributed by atoms with van der Waals surface area (Å²) in [5.41, 5.74) is 0.213. The van der Waals surface area contributed by atoms with Gasteiger partial charge in [0.1, 0.15) is 24.1 Å². The van der Waals surface area contributed by atoms with E-state index in [2.05, 4.69) is 53.8 Å². The highest BCUT2D eigenvalue weighted by Gasteiger charge is 2.64. The molecule has 1 aliphatic heterocycles. The second kappa shape index (κ2) is 23.3. The molecule has 0 spiro atoms. The topological polar surface area (TPSA) is 264 Å². The van der Waals surface area contributed by atoms with Crippen LogP contribution >= 0.6 is 0 Å². The summed E-state index contributed by atoms with van der Waals surface area (Å²) >= 11 is 0. The number of aliphatic hydroxyl groups excluding tert-OH is 4. The molecule has 2 unspecified atom stereocenters. The summed E-state index contributed by atoms with van der Waals surface area (Å²) in [4.78, 5) is 25.0. The van der Waals surface area contributed by atoms with Crippen molar-refractivity contribution in [3.63, 3.8) is 0 Å². The summed E-state index contributed by atoms with van der Waals surface area (Å²) in [6.45, 7) is 16.4. The number of ether oxygens (including phenoxy) is 3. The highest BCUT2D eigenvalue weighted by atomic mass is 32.2. The summed E-state index contributed by atoms with van der Waals surface area (Å²) < 4.78 is 81.7. The molecule has 8 fully saturated rings. The number of amides is 1. The molecule has 1 amide bonds. The van der Waals surface area contributed by atoms with E-state index in [-0.39, 0.29) is 89.3 Å². The zero-order chi connectivity index (χ0) is 54.6. The lowest BCUT2D eigenvalue weighted by Gasteiger charge is -2.62. The fourth-order valence-electron chi connectivity index (χ4n) is 18.7. The number of fused-ring (bicyclic) bond motifs is 8. The Morgan fingerprint density at radius 3 is 1.93 bits per heavy atom. The number of hydrogen-bond donors (Lipinski definition) is 7. The highest BCUT2D eigenvalue weighted by Crippen LogP contribution is 2.69. The number of carbonyl (C=O) groups is 2. The van der Waals surface area contributed by atoms with Crippen molar-refractivity contribution in [2.75, 3.05) is 24.7 Å². The maximum absolute atomic E-state index is 12.5. The van der Waals surface area contributed by atoms with Gasteiger partial charge in [0.05, 0.1) is 42.5 Å². The molecule has 8 aliphatic rings. The van der Waals surface area contributed by atoms with Crippen molar-refractivity contribution >= 4 is 31.9 Å². The van der Waals surface area contributed by atoms with Gasteiger partial charge in [-0.25, -0.2) is 0 Å². The SMILES string of the molecule is C[C@@H](CCC(=O)CCCS(=O)(=O)O)C[C@@]1(C)CC[C@H]2[C@@H]([C@@H](O)CC3C[C@H](OC[C@H]4O[C@@H](O[C@H]5CC[C@]6(C)C(C5)C[C@@H](O)[C@@H]5[C@H]7CC[C@H]([C@@H](C)CCC(=O)NCCS(=O)(=O)O)[C@]7(C)CC[C@H]56)[C@H](O)[C@@H]4O)CC[C@@]32C)[C@@H]1C. The minimum atomic E-state index is -4.13. The third-order valence-corrected chi connectivity index (χ3v) is 24.6. The summed E-state index contributed by atoms with van der Waals surface area (Å²) in [6.07, 6.45) is 11.3. The summed E-state index contributed by atoms with van der Waals surface area (Å²) in [7, 11) is -8.20. The molecule has 0 aromatic rings. The molecule has 0 bridgehead atoms. The Hall–Kier alpha value is -1.32. The van der Waals surface area contributed by atoms with Crippen molar-refractivity contribution in [1.82, 2.24) is 5.32 Å². The lowest BCUT2D eigenvalue weighted by Crippen LogP contribution is -2.59. The van der Waals surface area contributed by atoms with Gasteiger partial charge in [-0.2, -0.15) is 16.8 Å². The van der Waals surface area contributed by atoms with Crippen LogP contribution in [0.1, 0.15) is 183 Å². The van der Waals surface area contributed by atoms with Gasteiger partial charge < -0.3 is 40.0 Å². The summed E-state index contributed by atoms with van der Waals surface area (Å²) in [5.74, 6) is 2.41. The predicted molar refractivity (Wildman–Crippen MR) is 283 cm³/mol. The fraction of sp³-hybridized carbons (Fsp3) is 0.965. The molecule has 1 saturated heterocycles. The first-order chi connectivity index (χ1) is 35.0. The van der Waals surface area contributed by atoms with Gasteiger partial charge in [0.25, 0.3) is 20.2 Å². The lowest BCUT2D eigenvalue weighted by atomic mass is 9.43. The fourth-order valence-corrected chi connectivity index (χ4v) is 19.6. The molecule has 0 aromatic carbocycles. The van der Waals surface area contributed by atoms with Crippen LogP contribution in [0.4, 0.5) is 0 Å². The molecule has 1 heterocycles. The normalized spacial score (nSPS) is 45.6. The van der Waals surface area contributed by atoms with Crippen LogP contribution in [0.5, 0.6) is 0 Å². The van der Waals surface area contributed by atoms with E-state index >= 15 is 0 Å². The zero-order valence-electron chi connectivity index (χ0n) is 46.3. The predicted octanol–water partition coefficient (Wildman–Crippen LogP) is 7.54. The van der Waals surface area contributed by atoms with Gasteiger partial charge in [-0.15, -0.1) is 0 Å². The van der Waals surface area contributed by atoms with Crippen LogP contribution in [0.15, 0.2) is 0 Å². The Morgan fingerprint density at radius 1 is 0.680 bits per heavy atom. The minimum Gasteiger partial charge on any atom is -0.393 e. The Kier molecular flexibility index (Phi) is 18.6. The van der Waals surface area contributed by atoms with E-state index < -0.39 is 68.6 Å². The Labute approximate surface area is 449 Å². The van der Waals surface area contributed by atoms with Crippen molar-refractivity contribution in [3.05, 3.63) is 0 Å². The van der Waals surface area contributed by atoms with Crippen molar-refractivity contribution < 1.29 is 70.2 Å². The number of rotatable bonds is 21. The number of nitrogens with one attached hydrogen (secondary N) is 1. The first-order valence-electron chi connectivity index (χ1n) is 29.4. The van der Waals surface area contributed by atoms with E-state index in [1.54, 1.807) is 0 Å². The van der Waals surface area contributed by atoms with Gasteiger partial charge in [0.2, 0.25) is 5.91 Å². The first-order valence-corrected chi connectivity index (χ1v) is 32.6. The maximum atomic E-state index is 12.5. The highest BCUT2D eigenvalue weighted by molar-refractivity contribution is 7.86. The van der Waals surface area contributed by atoms with Crippen LogP contribution in [-0.4, -0.2) is 132 Å². The number of aliphatic hydroxyl groups is 4. The van der Waals surface area contributed by atoms with Gasteiger partial charge in [0, 0.05) is 25.8 Å². The molecule has 432 valence electrons. The summed E-state index contributed by atoms with van der Waals surface area (Å²) in [6, 6.07) is 0. The zero-order valence-corrected chi connectivity index (χ0v) is 48.0. The van der Waals surface area contributed by atoms with Crippen LogP contribution in [0.3, 0.4) is 0 Å². The Bertz CT molecular complexity index is 2220. The number of Topliss-reactive ketones (excluding diaryl/α,β-unsaturated/α-hetero) is 1. The molecular weight excluding hydrogens is 1000 g/mol. The second-order valence-electron chi connectivity index (χ2n) is 27.4. The molecular formula is C57H97NO15S2. The van der Waals surface area contributed by atoms with Crippen LogP contribution in [-0.2, 0) is 44.0 Å². The van der Waals surface area contributed by atoms with E-state index in [0.29, 0.717) is 73.0 Å². The largest absolute Gasteiger partial charge is 0.393 e. The van der Waals surface area contributed by atoms with Crippen molar-refractivity contribution in [2.24, 2.45) is 86.8 Å². The Morgan fingerprint density at radius 2 is 1.27 bits per heavy atom. The van der Waals surface area contributed by atoms with Gasteiger partial charge in [-0.3, -0.25) is 18.7 Å². The average Bonchev–Trinajstić information content (AvgIpc) is 3.82. The molecule has 0 radical (unpaired) electrons. The van der Waals surface area contributed by atoms with Crippen LogP contribution in [0.2, 0.25) is 0 Å². The first kappa shape index (κ1) is 59.8. The third kappa shape index (κ3) is 12.9. The summed E-state index contributed by atoms with van der Waals surface area (Å²) in [5, 5.41) is 49.2. The van der Waals surface area contributed by atoms with Gasteiger partial charge >= 0.3 is 0 Å². The number of carbonyl (C=O) groups excluding carboxylic acids is 2. The number of ketones is 1. The van der Waals surface area contributed by atoms with Crippen LogP contribution in [0, 0.1) is 86.8 Å². The number of hydrogen-bond acceptors (Lipinski definition) is 13. The van der Waals surface area contributed by atoms with E-state index in [0.717, 1.165) is 96.3 Å². The molecule has 7 N–H and O–H groups in total. The maximum Gasteiger partial charge on any atom is 0.266 e. The average molecular weight is 1100 g/mol. The quantitative estimate of drug-likeness (QED) is 0.0548. The van der Waals surface area contributed by atoms with Gasteiger partial charge in [-0.1, -0.05) is 48.5 Å². The van der Waals surface area contributed by atoms with E-state index in [4.69, 9.17) is 23.3 Å². The Balaban J connectivity index is 0.783. The van der Waals surface area contributed by atoms with Gasteiger partial charge in [0.15, 0.2) is 6.29 Å². The standard InChI is InChI=1S/C57H97NO15S2/c1-33(10-12-38(59)9-8-25-74(65,66)67)31-54(4)20-18-43-49(35(54)3)45(60)29-36-27-39(16-21-55(36,43)5)71-32-47-51(63)52(64)53(73-47)72-40-17-22-56(6)37(28-40)30-46(61)50-42-14-13-41(57(42,7)23-19-44(50)56)34(2)11-15-48(62)58-24-26-75(68,69)70/h33-37,39-47,49-53,60-61,63-64H,8-32H2,1-7H3,(H,58,62)(H,65,66,67)(H,68,69,70)/t33-,34-,35-,36?,37?,39+,40-,41+,42+,43-,44+,45-,46+,47+,49-,50+,51+,52+,53+,54+,55-,56+,57-/m0/s1. The molecule has 8 rings (SSSR count). The minimum absolute atomic E-state index is 0.0280. The molecule has 18 heteroatoms. The van der Waals surface area contributed by atoms with Crippen molar-refractivity contribution in [1.29, 1.82) is 0 Å². The van der Waals surface area contributed by atoms with Crippen LogP contribution in [0.25, 0.3) is 0 Å². The van der Waals surface area contributed by atoms with Gasteiger partial charge in [-0.05, 0) is 202 Å². The monoisotopic (exact) mass is 1100 g/mol. The molecule has 7 aliphatic carbocycles. The third-order valence-electron chi connectivity index (χ3n) is 23.1. The molecule has 23 atom stereocenters. The smallest absolute Gasteiger partial charge is 0.266 e. The van der Waals surface area contributed by atoms with Crippen molar-refractivity contribution in [3.8, 4) is 0 Å². The van der Waals surface area contributed by atoms with E-state index in [1.807, 2.05) is 0 Å². The van der Waals surface area contributed by atoms with Crippen LogP contribution < -0.4 is 5.32 Å². The molecule has 16 nitrogen and oxygen atoms in total. The van der Waals surface area contributed by atoms with Crippen molar-refractivity contribution in [2.45, 2.75) is 232 Å². The lowest BCUT2D eigenvalue weighted by molar-refractivity contribution is -0.227. The molecule has 0 aromatic heterocycles. The second-order valence-corrected chi connectivity index (χ2v) is 30.6. The molecule has 7 saturated carbocycles.